The van der Waals surface area contributed by atoms with E-state index in [0.29, 0.717) is 11.2 Å². The number of amides is 1. The van der Waals surface area contributed by atoms with Crippen LogP contribution < -0.4 is 10.9 Å². The molecule has 10 heteroatoms. The number of halogens is 1. The van der Waals surface area contributed by atoms with Crippen molar-refractivity contribution in [2.45, 2.75) is 32.4 Å². The Morgan fingerprint density at radius 2 is 2.18 bits per heavy atom. The first-order valence-corrected chi connectivity index (χ1v) is 8.90. The number of aromatic amines is 1. The molecule has 3 N–H and O–H groups in total. The molecular weight excluding hydrogens is 386 g/mol. The molecule has 1 aromatic carbocycles. The molecule has 2 heterocycles. The van der Waals surface area contributed by atoms with E-state index >= 15 is 0 Å². The third-order valence-electron chi connectivity index (χ3n) is 3.80. The maximum absolute atomic E-state index is 13.2. The SMILES string of the molecule is CC(C)(C)OC(=O)N[C@@H](CO)c1nc2cccc(Cl)c2c(=O)n1-c1cn[nH]c1. The Balaban J connectivity index is 2.17. The minimum Gasteiger partial charge on any atom is -0.444 e. The van der Waals surface area contributed by atoms with Crippen molar-refractivity contribution in [3.05, 3.63) is 51.8 Å². The minimum absolute atomic E-state index is 0.120. The smallest absolute Gasteiger partial charge is 0.408 e. The molecule has 1 atom stereocenters. The molecule has 0 fully saturated rings. The molecule has 0 aliphatic carbocycles. The summed E-state index contributed by atoms with van der Waals surface area (Å²) in [6.07, 6.45) is 2.18. The lowest BCUT2D eigenvalue weighted by molar-refractivity contribution is 0.0477. The van der Waals surface area contributed by atoms with Crippen LogP contribution in [0.5, 0.6) is 0 Å². The minimum atomic E-state index is -0.999. The van der Waals surface area contributed by atoms with Gasteiger partial charge in [-0.25, -0.2) is 9.78 Å². The molecule has 0 aliphatic rings. The number of alkyl carbamates (subject to hydrolysis) is 1. The van der Waals surface area contributed by atoms with Crippen LogP contribution in [-0.4, -0.2) is 43.2 Å². The highest BCUT2D eigenvalue weighted by molar-refractivity contribution is 6.35. The predicted molar refractivity (Wildman–Crippen MR) is 104 cm³/mol. The first-order valence-electron chi connectivity index (χ1n) is 8.52. The van der Waals surface area contributed by atoms with Gasteiger partial charge >= 0.3 is 6.09 Å². The lowest BCUT2D eigenvalue weighted by Crippen LogP contribution is -2.39. The summed E-state index contributed by atoms with van der Waals surface area (Å²) in [4.78, 5) is 29.9. The van der Waals surface area contributed by atoms with Gasteiger partial charge in [-0.2, -0.15) is 5.10 Å². The molecule has 3 aromatic rings. The number of nitrogens with one attached hydrogen (secondary N) is 2. The van der Waals surface area contributed by atoms with Crippen LogP contribution in [0.15, 0.2) is 35.4 Å². The number of hydrogen-bond donors (Lipinski definition) is 3. The molecule has 28 heavy (non-hydrogen) atoms. The molecule has 3 rings (SSSR count). The highest BCUT2D eigenvalue weighted by Crippen LogP contribution is 2.22. The fourth-order valence-corrected chi connectivity index (χ4v) is 2.95. The number of rotatable bonds is 4. The highest BCUT2D eigenvalue weighted by atomic mass is 35.5. The van der Waals surface area contributed by atoms with Crippen molar-refractivity contribution in [3.63, 3.8) is 0 Å². The van der Waals surface area contributed by atoms with E-state index in [-0.39, 0.29) is 16.2 Å². The number of aromatic nitrogens is 4. The molecule has 9 nitrogen and oxygen atoms in total. The largest absolute Gasteiger partial charge is 0.444 e. The molecule has 0 spiro atoms. The predicted octanol–water partition coefficient (Wildman–Crippen LogP) is 2.32. The molecule has 1 amide bonds. The fraction of sp³-hybridized carbons (Fsp3) is 0.333. The average molecular weight is 406 g/mol. The van der Waals surface area contributed by atoms with Crippen LogP contribution in [0.3, 0.4) is 0 Å². The topological polar surface area (TPSA) is 122 Å². The van der Waals surface area contributed by atoms with Gasteiger partial charge in [0.2, 0.25) is 0 Å². The standard InChI is InChI=1S/C18H20ClN5O4/c1-18(2,3)28-17(27)23-13(9-25)15-22-12-6-4-5-11(19)14(12)16(26)24(15)10-7-20-21-8-10/h4-8,13,25H,9H2,1-3H3,(H,20,21)(H,23,27)/t13-/m0/s1. The summed E-state index contributed by atoms with van der Waals surface area (Å²) < 4.78 is 6.49. The van der Waals surface area contributed by atoms with Crippen molar-refractivity contribution < 1.29 is 14.6 Å². The Morgan fingerprint density at radius 1 is 1.43 bits per heavy atom. The zero-order valence-electron chi connectivity index (χ0n) is 15.6. The van der Waals surface area contributed by atoms with Crippen molar-refractivity contribution in [2.24, 2.45) is 0 Å². The van der Waals surface area contributed by atoms with Gasteiger partial charge in [0.05, 0.1) is 34.4 Å². The van der Waals surface area contributed by atoms with Gasteiger partial charge in [0.25, 0.3) is 5.56 Å². The normalized spacial score (nSPS) is 12.8. The van der Waals surface area contributed by atoms with Gasteiger partial charge in [-0.15, -0.1) is 0 Å². The van der Waals surface area contributed by atoms with E-state index in [9.17, 15) is 14.7 Å². The van der Waals surface area contributed by atoms with E-state index in [1.54, 1.807) is 39.0 Å². The Hall–Kier alpha value is -2.91. The zero-order chi connectivity index (χ0) is 20.5. The van der Waals surface area contributed by atoms with Crippen LogP contribution in [0.25, 0.3) is 16.6 Å². The summed E-state index contributed by atoms with van der Waals surface area (Å²) in [6, 6.07) is 3.89. The van der Waals surface area contributed by atoms with Crippen molar-refractivity contribution in [2.75, 3.05) is 6.61 Å². The van der Waals surface area contributed by atoms with Crippen LogP contribution in [0.1, 0.15) is 32.6 Å². The third-order valence-corrected chi connectivity index (χ3v) is 4.11. The first kappa shape index (κ1) is 19.8. The molecule has 2 aromatic heterocycles. The number of ether oxygens (including phenoxy) is 1. The van der Waals surface area contributed by atoms with Crippen molar-refractivity contribution >= 4 is 28.6 Å². The summed E-state index contributed by atoms with van der Waals surface area (Å²) >= 11 is 6.20. The number of H-pyrrole nitrogens is 1. The summed E-state index contributed by atoms with van der Waals surface area (Å²) in [5.74, 6) is 0.120. The van der Waals surface area contributed by atoms with Gasteiger partial charge in [-0.3, -0.25) is 14.5 Å². The lowest BCUT2D eigenvalue weighted by Gasteiger charge is -2.24. The number of nitrogens with zero attached hydrogens (tertiary/aromatic N) is 3. The maximum Gasteiger partial charge on any atom is 0.408 e. The van der Waals surface area contributed by atoms with Gasteiger partial charge in [0, 0.05) is 6.20 Å². The molecule has 0 radical (unpaired) electrons. The number of hydrogen-bond acceptors (Lipinski definition) is 6. The zero-order valence-corrected chi connectivity index (χ0v) is 16.3. The van der Waals surface area contributed by atoms with Gasteiger partial charge in [0.1, 0.15) is 17.5 Å². The van der Waals surface area contributed by atoms with Crippen LogP contribution in [0.2, 0.25) is 5.02 Å². The van der Waals surface area contributed by atoms with E-state index in [0.717, 1.165) is 0 Å². The van der Waals surface area contributed by atoms with Gasteiger partial charge in [-0.1, -0.05) is 17.7 Å². The first-order chi connectivity index (χ1) is 13.2. The number of aliphatic hydroxyl groups is 1. The van der Waals surface area contributed by atoms with E-state index < -0.39 is 29.9 Å². The van der Waals surface area contributed by atoms with Crippen LogP contribution in [-0.2, 0) is 4.74 Å². The van der Waals surface area contributed by atoms with E-state index in [1.165, 1.54) is 17.0 Å². The van der Waals surface area contributed by atoms with Crippen LogP contribution in [0, 0.1) is 0 Å². The van der Waals surface area contributed by atoms with Crippen LogP contribution in [0.4, 0.5) is 4.79 Å². The molecule has 0 unspecified atom stereocenters. The fourth-order valence-electron chi connectivity index (χ4n) is 2.70. The van der Waals surface area contributed by atoms with Crippen molar-refractivity contribution in [3.8, 4) is 5.69 Å². The summed E-state index contributed by atoms with van der Waals surface area (Å²) in [5.41, 5.74) is -0.439. The molecular formula is C18H20ClN5O4. The number of aliphatic hydroxyl groups excluding tert-OH is 1. The van der Waals surface area contributed by atoms with E-state index in [2.05, 4.69) is 20.5 Å². The maximum atomic E-state index is 13.2. The monoisotopic (exact) mass is 405 g/mol. The summed E-state index contributed by atoms with van der Waals surface area (Å²) in [6.45, 7) is 4.66. The number of carbonyl (C=O) groups is 1. The quantitative estimate of drug-likeness (QED) is 0.612. The Bertz CT molecular complexity index is 1060. The Labute approximate surface area is 165 Å². The van der Waals surface area contributed by atoms with Crippen molar-refractivity contribution in [1.29, 1.82) is 0 Å². The Kier molecular flexibility index (Phi) is 5.39. The second kappa shape index (κ2) is 7.61. The number of carbonyl (C=O) groups excluding carboxylic acids is 1. The lowest BCUT2D eigenvalue weighted by atomic mass is 10.2. The highest BCUT2D eigenvalue weighted by Gasteiger charge is 2.26. The van der Waals surface area contributed by atoms with Gasteiger partial charge in [0.15, 0.2) is 0 Å². The molecule has 0 saturated carbocycles. The average Bonchev–Trinajstić information content (AvgIpc) is 3.12. The second-order valence-corrected chi connectivity index (χ2v) is 7.49. The molecule has 0 saturated heterocycles. The third kappa shape index (κ3) is 4.00. The van der Waals surface area contributed by atoms with Crippen molar-refractivity contribution in [1.82, 2.24) is 25.1 Å². The Morgan fingerprint density at radius 3 is 2.79 bits per heavy atom. The van der Waals surface area contributed by atoms with Gasteiger partial charge < -0.3 is 15.2 Å². The summed E-state index contributed by atoms with van der Waals surface area (Å²) in [5, 5.41) is 19.4. The van der Waals surface area contributed by atoms with E-state index in [4.69, 9.17) is 16.3 Å². The molecule has 0 bridgehead atoms. The number of fused-ring (bicyclic) bond motifs is 1. The molecule has 148 valence electrons. The molecule has 0 aliphatic heterocycles. The van der Waals surface area contributed by atoms with Crippen LogP contribution >= 0.6 is 11.6 Å². The van der Waals surface area contributed by atoms with Gasteiger partial charge in [-0.05, 0) is 32.9 Å². The number of benzene rings is 1. The summed E-state index contributed by atoms with van der Waals surface area (Å²) in [7, 11) is 0. The second-order valence-electron chi connectivity index (χ2n) is 7.08. The van der Waals surface area contributed by atoms with E-state index in [1.807, 2.05) is 0 Å².